The Labute approximate surface area is 194 Å². The van der Waals surface area contributed by atoms with Gasteiger partial charge in [0.15, 0.2) is 0 Å². The van der Waals surface area contributed by atoms with Crippen molar-refractivity contribution < 1.29 is 14.6 Å². The Morgan fingerprint density at radius 3 is 2.16 bits per heavy atom. The molecule has 0 unspecified atom stereocenters. The fourth-order valence-corrected chi connectivity index (χ4v) is 3.28. The Bertz CT molecular complexity index is 786. The summed E-state index contributed by atoms with van der Waals surface area (Å²) in [6.07, 6.45) is 13.0. The molecule has 0 aliphatic rings. The molecule has 0 radical (unpaired) electrons. The van der Waals surface area contributed by atoms with Crippen LogP contribution in [-0.4, -0.2) is 24.5 Å². The monoisotopic (exact) mass is 439 g/mol. The predicted octanol–water partition coefficient (Wildman–Crippen LogP) is 8.09. The highest BCUT2D eigenvalue weighted by molar-refractivity contribution is 5.85. The van der Waals surface area contributed by atoms with Crippen molar-refractivity contribution in [3.63, 3.8) is 0 Å². The maximum atomic E-state index is 10.3. The molecule has 176 valence electrons. The Hall–Kier alpha value is -2.49. The highest BCUT2D eigenvalue weighted by atomic mass is 16.5. The summed E-state index contributed by atoms with van der Waals surface area (Å²) in [6, 6.07) is 13.1. The molecule has 0 saturated heterocycles. The first-order valence-corrected chi connectivity index (χ1v) is 12.3. The molecule has 0 aromatic heterocycles. The number of rotatable bonds is 16. The number of hydrogen-bond acceptors (Lipinski definition) is 4. The summed E-state index contributed by atoms with van der Waals surface area (Å²) in [6.45, 7) is 8.00. The third kappa shape index (κ3) is 10.2. The molecule has 0 bridgehead atoms. The van der Waals surface area contributed by atoms with Crippen molar-refractivity contribution in [2.24, 2.45) is 10.9 Å². The number of hydrogen-bond donors (Lipinski definition) is 1. The van der Waals surface area contributed by atoms with Crippen LogP contribution >= 0.6 is 0 Å². The van der Waals surface area contributed by atoms with Gasteiger partial charge < -0.3 is 14.6 Å². The lowest BCUT2D eigenvalue weighted by molar-refractivity contribution is 0.256. The molecule has 2 aromatic carbocycles. The Kier molecular flexibility index (Phi) is 12.3. The third-order valence-corrected chi connectivity index (χ3v) is 5.69. The van der Waals surface area contributed by atoms with Crippen molar-refractivity contribution >= 4 is 11.9 Å². The van der Waals surface area contributed by atoms with Crippen molar-refractivity contribution in [3.8, 4) is 17.2 Å². The van der Waals surface area contributed by atoms with E-state index in [-0.39, 0.29) is 5.75 Å². The lowest BCUT2D eigenvalue weighted by Crippen LogP contribution is -2.06. The highest BCUT2D eigenvalue weighted by Crippen LogP contribution is 2.24. The summed E-state index contributed by atoms with van der Waals surface area (Å²) in [5.41, 5.74) is 1.48. The summed E-state index contributed by atoms with van der Waals surface area (Å²) in [7, 11) is 0. The number of phenolic OH excluding ortho intramolecular Hbond substituents is 1. The normalized spacial score (nSPS) is 12.2. The van der Waals surface area contributed by atoms with E-state index in [1.165, 1.54) is 44.9 Å². The van der Waals surface area contributed by atoms with Gasteiger partial charge in [-0.2, -0.15) is 0 Å². The average molecular weight is 440 g/mol. The van der Waals surface area contributed by atoms with E-state index in [0.717, 1.165) is 30.9 Å². The van der Waals surface area contributed by atoms with Crippen LogP contribution < -0.4 is 9.47 Å². The quantitative estimate of drug-likeness (QED) is 0.212. The Morgan fingerprint density at radius 1 is 0.844 bits per heavy atom. The van der Waals surface area contributed by atoms with Crippen LogP contribution in [0.5, 0.6) is 17.2 Å². The van der Waals surface area contributed by atoms with Gasteiger partial charge in [0.25, 0.3) is 0 Å². The molecule has 4 nitrogen and oxygen atoms in total. The number of nitrogens with zero attached hydrogens (tertiary/aromatic N) is 1. The minimum Gasteiger partial charge on any atom is -0.507 e. The molecule has 0 amide bonds. The van der Waals surface area contributed by atoms with Gasteiger partial charge in [0.05, 0.1) is 18.9 Å². The van der Waals surface area contributed by atoms with Gasteiger partial charge in [-0.15, -0.1) is 0 Å². The van der Waals surface area contributed by atoms with Gasteiger partial charge in [-0.25, -0.2) is 0 Å². The van der Waals surface area contributed by atoms with Crippen molar-refractivity contribution in [3.05, 3.63) is 48.0 Å². The first-order chi connectivity index (χ1) is 15.6. The molecule has 0 aliphatic carbocycles. The summed E-state index contributed by atoms with van der Waals surface area (Å²) in [5, 5.41) is 10.3. The van der Waals surface area contributed by atoms with Gasteiger partial charge in [0.2, 0.25) is 0 Å². The van der Waals surface area contributed by atoms with Crippen molar-refractivity contribution in [2.75, 3.05) is 13.2 Å². The fourth-order valence-electron chi connectivity index (χ4n) is 3.28. The van der Waals surface area contributed by atoms with Gasteiger partial charge in [-0.1, -0.05) is 72.1 Å². The minimum absolute atomic E-state index is 0.177. The van der Waals surface area contributed by atoms with Crippen LogP contribution in [0.3, 0.4) is 0 Å². The molecule has 0 saturated carbocycles. The number of ether oxygens (including phenoxy) is 2. The first kappa shape index (κ1) is 25.8. The lowest BCUT2D eigenvalue weighted by atomic mass is 10.1. The van der Waals surface area contributed by atoms with E-state index in [1.807, 2.05) is 36.4 Å². The Morgan fingerprint density at radius 2 is 1.50 bits per heavy atom. The standard InChI is InChI=1S/C28H41NO3/c1-4-6-7-8-9-10-11-12-19-31-27-16-13-24(28(30)20-27)21-29-25-14-17-26(18-15-25)32-22-23(3)5-2/h13-18,20-21,23,30H,4-12,19,22H2,1-3H3/t23-/m0/s1. The molecule has 0 aliphatic heterocycles. The van der Waals surface area contributed by atoms with Gasteiger partial charge in [-0.05, 0) is 48.7 Å². The van der Waals surface area contributed by atoms with Crippen LogP contribution in [0.25, 0.3) is 0 Å². The molecule has 32 heavy (non-hydrogen) atoms. The summed E-state index contributed by atoms with van der Waals surface area (Å²) in [5.74, 6) is 2.27. The van der Waals surface area contributed by atoms with Crippen LogP contribution in [0.4, 0.5) is 5.69 Å². The topological polar surface area (TPSA) is 51.0 Å². The third-order valence-electron chi connectivity index (χ3n) is 5.69. The maximum absolute atomic E-state index is 10.3. The second kappa shape index (κ2) is 15.3. The van der Waals surface area contributed by atoms with E-state index >= 15 is 0 Å². The van der Waals surface area contributed by atoms with Gasteiger partial charge in [-0.3, -0.25) is 4.99 Å². The van der Waals surface area contributed by atoms with E-state index in [0.29, 0.717) is 23.8 Å². The van der Waals surface area contributed by atoms with Crippen LogP contribution in [0.1, 0.15) is 84.1 Å². The van der Waals surface area contributed by atoms with E-state index in [1.54, 1.807) is 12.3 Å². The first-order valence-electron chi connectivity index (χ1n) is 12.3. The zero-order valence-electron chi connectivity index (χ0n) is 20.2. The molecule has 4 heteroatoms. The Balaban J connectivity index is 1.73. The van der Waals surface area contributed by atoms with Gasteiger partial charge in [0.1, 0.15) is 17.2 Å². The highest BCUT2D eigenvalue weighted by Gasteiger charge is 2.03. The predicted molar refractivity (Wildman–Crippen MR) is 135 cm³/mol. The molecule has 1 N–H and O–H groups in total. The molecule has 2 aromatic rings. The van der Waals surface area contributed by atoms with E-state index in [2.05, 4.69) is 25.8 Å². The SMILES string of the molecule is CCCCCCCCCCOc1ccc(C=Nc2ccc(OC[C@@H](C)CC)cc2)c(O)c1. The van der Waals surface area contributed by atoms with Crippen molar-refractivity contribution in [1.82, 2.24) is 0 Å². The summed E-state index contributed by atoms with van der Waals surface area (Å²) < 4.78 is 11.6. The summed E-state index contributed by atoms with van der Waals surface area (Å²) >= 11 is 0. The second-order valence-electron chi connectivity index (χ2n) is 8.62. The van der Waals surface area contributed by atoms with Gasteiger partial charge in [0, 0.05) is 17.8 Å². The number of unbranched alkanes of at least 4 members (excludes halogenated alkanes) is 7. The van der Waals surface area contributed by atoms with Crippen molar-refractivity contribution in [2.45, 2.75) is 78.6 Å². The van der Waals surface area contributed by atoms with Crippen LogP contribution in [0, 0.1) is 5.92 Å². The number of aliphatic imine (C=N–C) groups is 1. The zero-order chi connectivity index (χ0) is 23.0. The molecule has 1 atom stereocenters. The largest absolute Gasteiger partial charge is 0.507 e. The summed E-state index contributed by atoms with van der Waals surface area (Å²) in [4.78, 5) is 4.46. The molecule has 0 fully saturated rings. The minimum atomic E-state index is 0.177. The second-order valence-corrected chi connectivity index (χ2v) is 8.62. The van der Waals surface area contributed by atoms with Gasteiger partial charge >= 0.3 is 0 Å². The molecular formula is C28H41NO3. The van der Waals surface area contributed by atoms with Crippen LogP contribution in [0.2, 0.25) is 0 Å². The van der Waals surface area contributed by atoms with E-state index < -0.39 is 0 Å². The number of benzene rings is 2. The number of phenols is 1. The fraction of sp³-hybridized carbons (Fsp3) is 0.536. The van der Waals surface area contributed by atoms with Crippen LogP contribution in [0.15, 0.2) is 47.5 Å². The van der Waals surface area contributed by atoms with E-state index in [4.69, 9.17) is 9.47 Å². The zero-order valence-corrected chi connectivity index (χ0v) is 20.2. The average Bonchev–Trinajstić information content (AvgIpc) is 2.81. The van der Waals surface area contributed by atoms with Crippen molar-refractivity contribution in [1.29, 1.82) is 0 Å². The lowest BCUT2D eigenvalue weighted by Gasteiger charge is -2.10. The smallest absolute Gasteiger partial charge is 0.128 e. The molecular weight excluding hydrogens is 398 g/mol. The maximum Gasteiger partial charge on any atom is 0.128 e. The number of aromatic hydroxyl groups is 1. The molecule has 2 rings (SSSR count). The van der Waals surface area contributed by atoms with Crippen LogP contribution in [-0.2, 0) is 0 Å². The molecule has 0 spiro atoms. The van der Waals surface area contributed by atoms with E-state index in [9.17, 15) is 5.11 Å². The molecule has 0 heterocycles.